The van der Waals surface area contributed by atoms with Crippen molar-refractivity contribution in [3.8, 4) is 0 Å². The fraction of sp³-hybridized carbons (Fsp3) is 0.500. The first kappa shape index (κ1) is 20.6. The van der Waals surface area contributed by atoms with Gasteiger partial charge in [0, 0.05) is 11.4 Å². The van der Waals surface area contributed by atoms with Crippen molar-refractivity contribution in [3.05, 3.63) is 55.3 Å². The van der Waals surface area contributed by atoms with E-state index < -0.39 is 21.7 Å². The van der Waals surface area contributed by atoms with E-state index in [0.717, 1.165) is 33.5 Å². The molecule has 1 aromatic rings. The molecule has 0 saturated heterocycles. The number of carbonyl (C=O) groups excluding carboxylic acids is 1. The summed E-state index contributed by atoms with van der Waals surface area (Å²) in [6.07, 6.45) is 1.25. The quantitative estimate of drug-likeness (QED) is 0.761. The molecule has 5 nitrogen and oxygen atoms in total. The molecule has 0 radical (unpaired) electrons. The molecule has 1 N–H and O–H groups in total. The number of esters is 1. The van der Waals surface area contributed by atoms with E-state index >= 15 is 0 Å². The highest BCUT2D eigenvalue weighted by molar-refractivity contribution is 7.95. The summed E-state index contributed by atoms with van der Waals surface area (Å²) in [5.41, 5.74) is 8.24. The van der Waals surface area contributed by atoms with Crippen LogP contribution >= 0.6 is 0 Å². The van der Waals surface area contributed by atoms with Crippen LogP contribution in [0.25, 0.3) is 0 Å². The van der Waals surface area contributed by atoms with E-state index in [1.54, 1.807) is 0 Å². The third-order valence-corrected chi connectivity index (χ3v) is 8.50. The minimum Gasteiger partial charge on any atom is -0.466 e. The predicted molar refractivity (Wildman–Crippen MR) is 111 cm³/mol. The van der Waals surface area contributed by atoms with E-state index in [4.69, 9.17) is 4.74 Å². The number of allylic oxidation sites excluding steroid dienone is 3. The smallest absolute Gasteiger partial charge is 0.336 e. The standard InChI is InChI=1S/C22H29NO4S/c1-11-12(2)14(4)18(15(5)13(11)3)20-19(22(24)27-7)16(6)23-17-9-8-10-28(25,26)21(17)20/h20,23H,8-10H2,1-7H3. The van der Waals surface area contributed by atoms with Crippen LogP contribution in [-0.2, 0) is 19.4 Å². The summed E-state index contributed by atoms with van der Waals surface area (Å²) in [5, 5.41) is 3.20. The molecule has 0 amide bonds. The fourth-order valence-electron chi connectivity index (χ4n) is 4.60. The van der Waals surface area contributed by atoms with E-state index in [2.05, 4.69) is 26.1 Å². The van der Waals surface area contributed by atoms with Crippen LogP contribution in [0.4, 0.5) is 0 Å². The van der Waals surface area contributed by atoms with Crippen molar-refractivity contribution in [1.82, 2.24) is 5.32 Å². The highest BCUT2D eigenvalue weighted by Crippen LogP contribution is 2.47. The lowest BCUT2D eigenvalue weighted by molar-refractivity contribution is -0.136. The van der Waals surface area contributed by atoms with Gasteiger partial charge in [-0.2, -0.15) is 0 Å². The Labute approximate surface area is 167 Å². The topological polar surface area (TPSA) is 72.5 Å². The van der Waals surface area contributed by atoms with Crippen LogP contribution in [0.3, 0.4) is 0 Å². The molecule has 0 bridgehead atoms. The van der Waals surface area contributed by atoms with Gasteiger partial charge in [-0.25, -0.2) is 13.2 Å². The number of carbonyl (C=O) groups is 1. The van der Waals surface area contributed by atoms with E-state index in [1.807, 2.05) is 20.8 Å². The Bertz CT molecular complexity index is 1020. The molecule has 0 aliphatic carbocycles. The van der Waals surface area contributed by atoms with Gasteiger partial charge in [0.1, 0.15) is 0 Å². The lowest BCUT2D eigenvalue weighted by atomic mass is 9.78. The van der Waals surface area contributed by atoms with Crippen molar-refractivity contribution in [1.29, 1.82) is 0 Å². The largest absolute Gasteiger partial charge is 0.466 e. The van der Waals surface area contributed by atoms with Gasteiger partial charge in [-0.05, 0) is 87.8 Å². The monoisotopic (exact) mass is 403 g/mol. The zero-order valence-corrected chi connectivity index (χ0v) is 18.6. The number of benzene rings is 1. The van der Waals surface area contributed by atoms with Gasteiger partial charge in [0.05, 0.1) is 29.3 Å². The summed E-state index contributed by atoms with van der Waals surface area (Å²) in [7, 11) is -2.14. The highest BCUT2D eigenvalue weighted by atomic mass is 32.2. The van der Waals surface area contributed by atoms with Gasteiger partial charge in [-0.15, -0.1) is 0 Å². The summed E-state index contributed by atoms with van der Waals surface area (Å²) < 4.78 is 31.4. The molecule has 152 valence electrons. The first-order chi connectivity index (χ1) is 13.0. The second-order valence-corrected chi connectivity index (χ2v) is 9.97. The second kappa shape index (κ2) is 7.07. The molecule has 3 rings (SSSR count). The Balaban J connectivity index is 2.44. The zero-order chi connectivity index (χ0) is 21.0. The van der Waals surface area contributed by atoms with E-state index in [0.29, 0.717) is 29.0 Å². The summed E-state index contributed by atoms with van der Waals surface area (Å²) in [5.74, 6) is -1.01. The third kappa shape index (κ3) is 2.98. The van der Waals surface area contributed by atoms with Gasteiger partial charge in [-0.3, -0.25) is 0 Å². The van der Waals surface area contributed by atoms with Gasteiger partial charge < -0.3 is 10.1 Å². The number of rotatable bonds is 2. The van der Waals surface area contributed by atoms with Crippen LogP contribution in [-0.4, -0.2) is 27.2 Å². The molecule has 2 aliphatic heterocycles. The Hall–Kier alpha value is -2.08. The van der Waals surface area contributed by atoms with Gasteiger partial charge in [0.2, 0.25) is 0 Å². The highest BCUT2D eigenvalue weighted by Gasteiger charge is 2.43. The number of nitrogens with one attached hydrogen (secondary N) is 1. The molecular formula is C22H29NO4S. The minimum atomic E-state index is -3.47. The fourth-order valence-corrected chi connectivity index (χ4v) is 6.46. The van der Waals surface area contributed by atoms with Gasteiger partial charge in [0.25, 0.3) is 0 Å². The Morgan fingerprint density at radius 1 is 0.964 bits per heavy atom. The van der Waals surface area contributed by atoms with Crippen molar-refractivity contribution in [2.45, 2.75) is 60.3 Å². The average molecular weight is 404 g/mol. The van der Waals surface area contributed by atoms with Crippen LogP contribution in [0, 0.1) is 34.6 Å². The van der Waals surface area contributed by atoms with Gasteiger partial charge in [0.15, 0.2) is 9.84 Å². The maximum atomic E-state index is 13.1. The van der Waals surface area contributed by atoms with Crippen molar-refractivity contribution in [3.63, 3.8) is 0 Å². The Kier molecular flexibility index (Phi) is 5.21. The molecule has 0 aromatic heterocycles. The van der Waals surface area contributed by atoms with E-state index in [1.165, 1.54) is 12.7 Å². The molecule has 6 heteroatoms. The molecule has 0 fully saturated rings. The molecule has 28 heavy (non-hydrogen) atoms. The summed E-state index contributed by atoms with van der Waals surface area (Å²) in [4.78, 5) is 13.1. The average Bonchev–Trinajstić information content (AvgIpc) is 2.63. The SMILES string of the molecule is COC(=O)C1=C(C)NC2=C(C1c1c(C)c(C)c(C)c(C)c1C)S(=O)(=O)CCC2. The maximum absolute atomic E-state index is 13.1. The summed E-state index contributed by atoms with van der Waals surface area (Å²) >= 11 is 0. The van der Waals surface area contributed by atoms with Crippen LogP contribution in [0.15, 0.2) is 21.9 Å². The molecule has 2 heterocycles. The normalized spacial score (nSPS) is 21.3. The van der Waals surface area contributed by atoms with Crippen molar-refractivity contribution in [2.24, 2.45) is 0 Å². The van der Waals surface area contributed by atoms with Crippen LogP contribution in [0.5, 0.6) is 0 Å². The molecule has 1 aromatic carbocycles. The molecule has 1 atom stereocenters. The van der Waals surface area contributed by atoms with Crippen LogP contribution in [0.2, 0.25) is 0 Å². The second-order valence-electron chi connectivity index (χ2n) is 7.89. The number of methoxy groups -OCH3 is 1. The van der Waals surface area contributed by atoms with E-state index in [-0.39, 0.29) is 5.75 Å². The van der Waals surface area contributed by atoms with Crippen molar-refractivity contribution in [2.75, 3.05) is 12.9 Å². The maximum Gasteiger partial charge on any atom is 0.336 e. The first-order valence-electron chi connectivity index (χ1n) is 9.61. The number of hydrogen-bond acceptors (Lipinski definition) is 5. The summed E-state index contributed by atoms with van der Waals surface area (Å²) in [6, 6.07) is 0. The third-order valence-electron chi connectivity index (χ3n) is 6.52. The zero-order valence-electron chi connectivity index (χ0n) is 17.7. The van der Waals surface area contributed by atoms with E-state index in [9.17, 15) is 13.2 Å². The number of sulfone groups is 1. The van der Waals surface area contributed by atoms with Crippen LogP contribution < -0.4 is 5.32 Å². The molecule has 1 unspecified atom stereocenters. The van der Waals surface area contributed by atoms with Crippen molar-refractivity contribution >= 4 is 15.8 Å². The van der Waals surface area contributed by atoms with Gasteiger partial charge in [-0.1, -0.05) is 0 Å². The minimum absolute atomic E-state index is 0.111. The number of dihydropyridines is 1. The summed E-state index contributed by atoms with van der Waals surface area (Å²) in [6.45, 7) is 12.1. The number of hydrogen-bond donors (Lipinski definition) is 1. The van der Waals surface area contributed by atoms with Gasteiger partial charge >= 0.3 is 5.97 Å². The molecule has 2 aliphatic rings. The van der Waals surface area contributed by atoms with Crippen molar-refractivity contribution < 1.29 is 17.9 Å². The lowest BCUT2D eigenvalue weighted by Gasteiger charge is -2.36. The van der Waals surface area contributed by atoms with Crippen LogP contribution in [0.1, 0.15) is 59.1 Å². The Morgan fingerprint density at radius 2 is 1.50 bits per heavy atom. The molecule has 0 saturated carbocycles. The number of ether oxygens (including phenoxy) is 1. The molecular weight excluding hydrogens is 374 g/mol. The first-order valence-corrected chi connectivity index (χ1v) is 11.3. The Morgan fingerprint density at radius 3 is 2.04 bits per heavy atom. The molecule has 0 spiro atoms. The lowest BCUT2D eigenvalue weighted by Crippen LogP contribution is -2.36. The predicted octanol–water partition coefficient (Wildman–Crippen LogP) is 3.78.